The fourth-order valence-corrected chi connectivity index (χ4v) is 3.69. The number of hydrogen-bond donors (Lipinski definition) is 3. The van der Waals surface area contributed by atoms with Crippen LogP contribution < -0.4 is 16.0 Å². The highest BCUT2D eigenvalue weighted by Gasteiger charge is 2.25. The Kier molecular flexibility index (Phi) is 7.23. The summed E-state index contributed by atoms with van der Waals surface area (Å²) in [7, 11) is 0. The predicted molar refractivity (Wildman–Crippen MR) is 118 cm³/mol. The second kappa shape index (κ2) is 9.86. The number of aromatic amines is 1. The van der Waals surface area contributed by atoms with Crippen molar-refractivity contribution in [2.24, 2.45) is 10.7 Å². The molecule has 0 bridgehead atoms. The highest BCUT2D eigenvalue weighted by Crippen LogP contribution is 2.30. The number of aliphatic hydroxyl groups is 1. The van der Waals surface area contributed by atoms with Crippen LogP contribution >= 0.6 is 0 Å². The summed E-state index contributed by atoms with van der Waals surface area (Å²) in [5.41, 5.74) is 8.97. The molecule has 0 saturated carbocycles. The van der Waals surface area contributed by atoms with Crippen LogP contribution in [0.25, 0.3) is 11.4 Å². The number of benzene rings is 1. The quantitative estimate of drug-likeness (QED) is 0.576. The van der Waals surface area contributed by atoms with Crippen LogP contribution in [0.1, 0.15) is 44.0 Å². The van der Waals surface area contributed by atoms with Crippen LogP contribution in [0.15, 0.2) is 28.0 Å². The minimum atomic E-state index is -0.334. The molecule has 4 N–H and O–H groups in total. The average molecular weight is 414 g/mol. The van der Waals surface area contributed by atoms with Crippen LogP contribution in [0.5, 0.6) is 5.75 Å². The van der Waals surface area contributed by atoms with Crippen molar-refractivity contribution in [2.75, 3.05) is 26.3 Å². The molecule has 1 aromatic carbocycles. The molecule has 162 valence electrons. The predicted octanol–water partition coefficient (Wildman–Crippen LogP) is 1.69. The van der Waals surface area contributed by atoms with Crippen molar-refractivity contribution in [3.8, 4) is 17.1 Å². The molecule has 1 aliphatic heterocycles. The lowest BCUT2D eigenvalue weighted by Crippen LogP contribution is -2.34. The molecule has 0 amide bonds. The van der Waals surface area contributed by atoms with E-state index in [9.17, 15) is 9.90 Å². The summed E-state index contributed by atoms with van der Waals surface area (Å²) >= 11 is 0. The zero-order valence-electron chi connectivity index (χ0n) is 17.9. The van der Waals surface area contributed by atoms with Crippen LogP contribution in [0.2, 0.25) is 0 Å². The highest BCUT2D eigenvalue weighted by molar-refractivity contribution is 6.01. The number of aliphatic imine (C=N–C) groups is 1. The number of hydrogen-bond acceptors (Lipinski definition) is 7. The molecular formula is C22H31N5O3. The number of ether oxygens (including phenoxy) is 1. The molecule has 0 aliphatic carbocycles. The van der Waals surface area contributed by atoms with Gasteiger partial charge in [-0.05, 0) is 37.5 Å². The first-order valence-electron chi connectivity index (χ1n) is 10.6. The lowest BCUT2D eigenvalue weighted by molar-refractivity contribution is 0.252. The van der Waals surface area contributed by atoms with Crippen molar-refractivity contribution in [1.29, 1.82) is 0 Å². The van der Waals surface area contributed by atoms with Gasteiger partial charge in [-0.15, -0.1) is 0 Å². The summed E-state index contributed by atoms with van der Waals surface area (Å²) < 4.78 is 5.94. The molecule has 1 aliphatic rings. The Morgan fingerprint density at radius 2 is 2.10 bits per heavy atom. The fourth-order valence-electron chi connectivity index (χ4n) is 3.69. The van der Waals surface area contributed by atoms with E-state index in [1.807, 2.05) is 43.9 Å². The van der Waals surface area contributed by atoms with Gasteiger partial charge in [-0.1, -0.05) is 20.8 Å². The third kappa shape index (κ3) is 4.55. The van der Waals surface area contributed by atoms with Gasteiger partial charge in [-0.25, -0.2) is 9.98 Å². The summed E-state index contributed by atoms with van der Waals surface area (Å²) in [6, 6.07) is 5.73. The maximum atomic E-state index is 12.7. The largest absolute Gasteiger partial charge is 0.493 e. The fraction of sp³-hybridized carbons (Fsp3) is 0.500. The smallest absolute Gasteiger partial charge is 0.254 e. The van der Waals surface area contributed by atoms with E-state index in [0.717, 1.165) is 23.5 Å². The van der Waals surface area contributed by atoms with E-state index in [4.69, 9.17) is 15.5 Å². The number of rotatable bonds is 9. The van der Waals surface area contributed by atoms with Gasteiger partial charge < -0.3 is 25.5 Å². The summed E-state index contributed by atoms with van der Waals surface area (Å²) in [6.07, 6.45) is 1.85. The second-order valence-electron chi connectivity index (χ2n) is 7.30. The van der Waals surface area contributed by atoms with Crippen LogP contribution in [-0.2, 0) is 12.8 Å². The molecule has 2 aromatic rings. The molecule has 8 heteroatoms. The van der Waals surface area contributed by atoms with E-state index in [2.05, 4.69) is 9.98 Å². The normalized spacial score (nSPS) is 16.1. The van der Waals surface area contributed by atoms with E-state index in [1.54, 1.807) is 0 Å². The number of H-pyrrole nitrogens is 1. The van der Waals surface area contributed by atoms with Crippen molar-refractivity contribution >= 4 is 5.84 Å². The number of amidine groups is 1. The topological polar surface area (TPSA) is 117 Å². The zero-order valence-corrected chi connectivity index (χ0v) is 17.9. The molecule has 0 fully saturated rings. The average Bonchev–Trinajstić information content (AvgIpc) is 3.11. The van der Waals surface area contributed by atoms with E-state index in [1.165, 1.54) is 0 Å². The summed E-state index contributed by atoms with van der Waals surface area (Å²) in [5, 5.41) is 9.38. The second-order valence-corrected chi connectivity index (χ2v) is 7.30. The van der Waals surface area contributed by atoms with Gasteiger partial charge in [0.05, 0.1) is 31.0 Å². The number of nitrogens with one attached hydrogen (secondary N) is 1. The van der Waals surface area contributed by atoms with Gasteiger partial charge in [0, 0.05) is 17.7 Å². The Balaban J connectivity index is 2.12. The molecule has 1 aromatic heterocycles. The van der Waals surface area contributed by atoms with Crippen molar-refractivity contribution in [3.05, 3.63) is 45.4 Å². The lowest BCUT2D eigenvalue weighted by atomic mass is 10.1. The van der Waals surface area contributed by atoms with Gasteiger partial charge in [-0.3, -0.25) is 4.79 Å². The van der Waals surface area contributed by atoms with Crippen molar-refractivity contribution in [3.63, 3.8) is 0 Å². The minimum absolute atomic E-state index is 0.0174. The first-order chi connectivity index (χ1) is 14.5. The molecule has 0 saturated heterocycles. The Morgan fingerprint density at radius 1 is 1.30 bits per heavy atom. The summed E-state index contributed by atoms with van der Waals surface area (Å²) in [5.74, 6) is 1.87. The van der Waals surface area contributed by atoms with Gasteiger partial charge in [0.15, 0.2) is 0 Å². The van der Waals surface area contributed by atoms with E-state index in [0.29, 0.717) is 55.2 Å². The van der Waals surface area contributed by atoms with E-state index in [-0.39, 0.29) is 18.3 Å². The maximum absolute atomic E-state index is 12.7. The molecule has 0 spiro atoms. The molecule has 3 rings (SSSR count). The molecule has 1 atom stereocenters. The standard InChI is InChI=1S/C22H31N5O3/c1-4-11-30-18-8-7-14(21-25-19(23)13-27(21)9-10-28)12-16(18)20-24-17(6-3)15(5-2)22(29)26-20/h7-8,12,19,28H,4-6,9-11,13,23H2,1-3H3,(H,24,26,29). The van der Waals surface area contributed by atoms with Crippen LogP contribution in [0.4, 0.5) is 0 Å². The van der Waals surface area contributed by atoms with Gasteiger partial charge >= 0.3 is 0 Å². The van der Waals surface area contributed by atoms with Gasteiger partial charge in [0.1, 0.15) is 23.6 Å². The Labute approximate surface area is 176 Å². The van der Waals surface area contributed by atoms with Crippen molar-refractivity contribution < 1.29 is 9.84 Å². The van der Waals surface area contributed by atoms with Crippen LogP contribution in [0.3, 0.4) is 0 Å². The summed E-state index contributed by atoms with van der Waals surface area (Å²) in [4.78, 5) is 26.8. The highest BCUT2D eigenvalue weighted by atomic mass is 16.5. The number of aryl methyl sites for hydroxylation is 1. The molecular weight excluding hydrogens is 382 g/mol. The lowest BCUT2D eigenvalue weighted by Gasteiger charge is -2.20. The SMILES string of the molecule is CCCOc1ccc(C2=NC(N)CN2CCO)cc1-c1nc(CC)c(CC)c(=O)[nH]1. The molecule has 2 heterocycles. The third-order valence-electron chi connectivity index (χ3n) is 5.11. The number of nitrogens with zero attached hydrogens (tertiary/aromatic N) is 3. The number of nitrogens with two attached hydrogens (primary N) is 1. The van der Waals surface area contributed by atoms with E-state index < -0.39 is 0 Å². The monoisotopic (exact) mass is 413 g/mol. The van der Waals surface area contributed by atoms with Crippen molar-refractivity contribution in [1.82, 2.24) is 14.9 Å². The molecule has 0 radical (unpaired) electrons. The number of β-amino-alcohol motifs (C(OH)–C–C–N with tert-alkyl or cyclic N) is 1. The van der Waals surface area contributed by atoms with E-state index >= 15 is 0 Å². The molecule has 1 unspecified atom stereocenters. The minimum Gasteiger partial charge on any atom is -0.493 e. The Morgan fingerprint density at radius 3 is 2.77 bits per heavy atom. The van der Waals surface area contributed by atoms with Crippen LogP contribution in [-0.4, -0.2) is 58.3 Å². The molecule has 8 nitrogen and oxygen atoms in total. The first-order valence-corrected chi connectivity index (χ1v) is 10.6. The maximum Gasteiger partial charge on any atom is 0.254 e. The van der Waals surface area contributed by atoms with Crippen LogP contribution in [0, 0.1) is 0 Å². The van der Waals surface area contributed by atoms with Crippen molar-refractivity contribution in [2.45, 2.75) is 46.2 Å². The number of aliphatic hydroxyl groups excluding tert-OH is 1. The first kappa shape index (κ1) is 22.0. The van der Waals surface area contributed by atoms with Gasteiger partial charge in [0.2, 0.25) is 0 Å². The van der Waals surface area contributed by atoms with Gasteiger partial charge in [-0.2, -0.15) is 0 Å². The summed E-state index contributed by atoms with van der Waals surface area (Å²) in [6.45, 7) is 7.59. The Hall–Kier alpha value is -2.71. The van der Waals surface area contributed by atoms with Gasteiger partial charge in [0.25, 0.3) is 5.56 Å². The zero-order chi connectivity index (χ0) is 21.7. The Bertz CT molecular complexity index is 970. The third-order valence-corrected chi connectivity index (χ3v) is 5.11. The molecule has 30 heavy (non-hydrogen) atoms. The number of aromatic nitrogens is 2.